The first-order chi connectivity index (χ1) is 14.3. The zero-order valence-corrected chi connectivity index (χ0v) is 19.0. The van der Waals surface area contributed by atoms with Crippen LogP contribution in [0.25, 0.3) is 0 Å². The van der Waals surface area contributed by atoms with E-state index in [0.717, 1.165) is 24.1 Å². The first-order valence-electron chi connectivity index (χ1n) is 10.0. The summed E-state index contributed by atoms with van der Waals surface area (Å²) in [5, 5.41) is 3.81. The highest BCUT2D eigenvalue weighted by molar-refractivity contribution is 6.42. The second kappa shape index (κ2) is 12.6. The molecular weight excluding hydrogens is 421 g/mol. The molecule has 5 nitrogen and oxygen atoms in total. The van der Waals surface area contributed by atoms with Gasteiger partial charge in [0.1, 0.15) is 0 Å². The third kappa shape index (κ3) is 8.74. The van der Waals surface area contributed by atoms with Crippen LogP contribution in [-0.4, -0.2) is 55.3 Å². The number of nitrogens with one attached hydrogen (secondary N) is 1. The van der Waals surface area contributed by atoms with E-state index in [1.54, 1.807) is 12.1 Å². The monoisotopic (exact) mass is 449 g/mol. The highest BCUT2D eigenvalue weighted by Crippen LogP contribution is 2.23. The minimum atomic E-state index is -0.0855. The molecule has 0 aliphatic heterocycles. The molecule has 2 amide bonds. The third-order valence-electron chi connectivity index (χ3n) is 4.61. The van der Waals surface area contributed by atoms with Gasteiger partial charge in [-0.1, -0.05) is 59.6 Å². The quantitative estimate of drug-likeness (QED) is 0.563. The van der Waals surface area contributed by atoms with Crippen molar-refractivity contribution in [3.8, 4) is 0 Å². The summed E-state index contributed by atoms with van der Waals surface area (Å²) in [6, 6.07) is 15.0. The van der Waals surface area contributed by atoms with Crippen LogP contribution in [0.4, 0.5) is 0 Å². The predicted molar refractivity (Wildman–Crippen MR) is 123 cm³/mol. The zero-order valence-electron chi connectivity index (χ0n) is 17.5. The summed E-state index contributed by atoms with van der Waals surface area (Å²) in [4.78, 5) is 28.8. The van der Waals surface area contributed by atoms with Crippen LogP contribution < -0.4 is 5.32 Å². The van der Waals surface area contributed by atoms with Gasteiger partial charge in [-0.2, -0.15) is 0 Å². The molecule has 2 rings (SSSR count). The van der Waals surface area contributed by atoms with E-state index in [2.05, 4.69) is 10.2 Å². The van der Waals surface area contributed by atoms with Gasteiger partial charge in [0, 0.05) is 26.1 Å². The first kappa shape index (κ1) is 24.2. The van der Waals surface area contributed by atoms with E-state index in [9.17, 15) is 9.59 Å². The van der Waals surface area contributed by atoms with Crippen molar-refractivity contribution in [3.05, 3.63) is 69.7 Å². The van der Waals surface area contributed by atoms with Gasteiger partial charge in [-0.15, -0.1) is 0 Å². The molecule has 0 fully saturated rings. The lowest BCUT2D eigenvalue weighted by Crippen LogP contribution is -2.36. The standard InChI is InChI=1S/C23H29Cl2N3O2/c1-27(2)13-6-14-28(17-19-9-10-20(24)21(25)15-19)23(30)11-12-26-22(29)16-18-7-4-3-5-8-18/h3-5,7-10,15H,6,11-14,16-17H2,1-2H3,(H,26,29). The highest BCUT2D eigenvalue weighted by atomic mass is 35.5. The summed E-state index contributed by atoms with van der Waals surface area (Å²) in [5.74, 6) is -0.0857. The summed E-state index contributed by atoms with van der Waals surface area (Å²) in [7, 11) is 4.01. The lowest BCUT2D eigenvalue weighted by Gasteiger charge is -2.24. The van der Waals surface area contributed by atoms with Crippen molar-refractivity contribution in [2.75, 3.05) is 33.7 Å². The van der Waals surface area contributed by atoms with Crippen LogP contribution in [-0.2, 0) is 22.6 Å². The molecule has 2 aromatic rings. The molecule has 0 unspecified atom stereocenters. The van der Waals surface area contributed by atoms with Gasteiger partial charge in [-0.05, 0) is 50.3 Å². The van der Waals surface area contributed by atoms with Crippen LogP contribution in [0.5, 0.6) is 0 Å². The largest absolute Gasteiger partial charge is 0.355 e. The van der Waals surface area contributed by atoms with E-state index in [1.165, 1.54) is 0 Å². The number of hydrogen-bond acceptors (Lipinski definition) is 3. The van der Waals surface area contributed by atoms with Gasteiger partial charge in [0.15, 0.2) is 0 Å². The Hall–Kier alpha value is -2.08. The molecular formula is C23H29Cl2N3O2. The van der Waals surface area contributed by atoms with Gasteiger partial charge in [-0.25, -0.2) is 0 Å². The van der Waals surface area contributed by atoms with Crippen LogP contribution in [0, 0.1) is 0 Å². The average Bonchev–Trinajstić information content (AvgIpc) is 2.70. The number of nitrogens with zero attached hydrogens (tertiary/aromatic N) is 2. The van der Waals surface area contributed by atoms with Crippen molar-refractivity contribution in [1.29, 1.82) is 0 Å². The van der Waals surface area contributed by atoms with Gasteiger partial charge >= 0.3 is 0 Å². The number of rotatable bonds is 11. The molecule has 1 N–H and O–H groups in total. The summed E-state index contributed by atoms with van der Waals surface area (Å²) < 4.78 is 0. The minimum absolute atomic E-state index is 0.000148. The fourth-order valence-corrected chi connectivity index (χ4v) is 3.36. The van der Waals surface area contributed by atoms with Crippen molar-refractivity contribution >= 4 is 35.0 Å². The summed E-state index contributed by atoms with van der Waals surface area (Å²) in [5.41, 5.74) is 1.88. The van der Waals surface area contributed by atoms with E-state index >= 15 is 0 Å². The number of halogens is 2. The molecule has 0 aromatic heterocycles. The maximum Gasteiger partial charge on any atom is 0.224 e. The Balaban J connectivity index is 1.88. The van der Waals surface area contributed by atoms with E-state index in [0.29, 0.717) is 36.1 Å². The molecule has 2 aromatic carbocycles. The van der Waals surface area contributed by atoms with Crippen molar-refractivity contribution in [2.24, 2.45) is 0 Å². The normalized spacial score (nSPS) is 10.8. The molecule has 0 heterocycles. The topological polar surface area (TPSA) is 52.6 Å². The van der Waals surface area contributed by atoms with Crippen LogP contribution in [0.3, 0.4) is 0 Å². The molecule has 0 spiro atoms. The molecule has 0 atom stereocenters. The van der Waals surface area contributed by atoms with Crippen molar-refractivity contribution in [1.82, 2.24) is 15.1 Å². The molecule has 30 heavy (non-hydrogen) atoms. The molecule has 0 aliphatic carbocycles. The average molecular weight is 450 g/mol. The SMILES string of the molecule is CN(C)CCCN(Cc1ccc(Cl)c(Cl)c1)C(=O)CCNC(=O)Cc1ccccc1. The Kier molecular flexibility index (Phi) is 10.1. The molecule has 0 saturated carbocycles. The van der Waals surface area contributed by atoms with E-state index < -0.39 is 0 Å². The number of amides is 2. The molecule has 0 bridgehead atoms. The van der Waals surface area contributed by atoms with Crippen LogP contribution in [0.2, 0.25) is 10.0 Å². The Morgan fingerprint density at radius 1 is 0.933 bits per heavy atom. The minimum Gasteiger partial charge on any atom is -0.355 e. The lowest BCUT2D eigenvalue weighted by atomic mass is 10.1. The van der Waals surface area contributed by atoms with Crippen LogP contribution in [0.15, 0.2) is 48.5 Å². The number of carbonyl (C=O) groups excluding carboxylic acids is 2. The Morgan fingerprint density at radius 2 is 1.67 bits per heavy atom. The molecule has 7 heteroatoms. The summed E-state index contributed by atoms with van der Waals surface area (Å²) in [6.07, 6.45) is 1.43. The molecule has 162 valence electrons. The lowest BCUT2D eigenvalue weighted by molar-refractivity contribution is -0.132. The first-order valence-corrected chi connectivity index (χ1v) is 10.8. The van der Waals surface area contributed by atoms with E-state index in [-0.39, 0.29) is 18.2 Å². The number of benzene rings is 2. The van der Waals surface area contributed by atoms with Gasteiger partial charge in [0.05, 0.1) is 16.5 Å². The van der Waals surface area contributed by atoms with Gasteiger partial charge < -0.3 is 15.1 Å². The summed E-state index contributed by atoms with van der Waals surface area (Å²) >= 11 is 12.1. The van der Waals surface area contributed by atoms with Gasteiger partial charge in [-0.3, -0.25) is 9.59 Å². The molecule has 0 saturated heterocycles. The maximum atomic E-state index is 12.8. The van der Waals surface area contributed by atoms with Gasteiger partial charge in [0.2, 0.25) is 11.8 Å². The number of hydrogen-bond donors (Lipinski definition) is 1. The Bertz CT molecular complexity index is 828. The van der Waals surface area contributed by atoms with Gasteiger partial charge in [0.25, 0.3) is 0 Å². The third-order valence-corrected chi connectivity index (χ3v) is 5.35. The van der Waals surface area contributed by atoms with Crippen molar-refractivity contribution in [3.63, 3.8) is 0 Å². The fraction of sp³-hybridized carbons (Fsp3) is 0.391. The summed E-state index contributed by atoms with van der Waals surface area (Å²) in [6.45, 7) is 2.30. The highest BCUT2D eigenvalue weighted by Gasteiger charge is 2.15. The predicted octanol–water partition coefficient (Wildman–Crippen LogP) is 4.02. The van der Waals surface area contributed by atoms with E-state index in [4.69, 9.17) is 23.2 Å². The second-order valence-electron chi connectivity index (χ2n) is 7.48. The Labute approximate surface area is 189 Å². The number of carbonyl (C=O) groups is 2. The smallest absolute Gasteiger partial charge is 0.224 e. The van der Waals surface area contributed by atoms with Crippen molar-refractivity contribution in [2.45, 2.75) is 25.8 Å². The van der Waals surface area contributed by atoms with Crippen molar-refractivity contribution < 1.29 is 9.59 Å². The molecule has 0 radical (unpaired) electrons. The zero-order chi connectivity index (χ0) is 21.9. The Morgan fingerprint density at radius 3 is 2.33 bits per heavy atom. The fourth-order valence-electron chi connectivity index (χ4n) is 3.04. The van der Waals surface area contributed by atoms with Crippen LogP contribution in [0.1, 0.15) is 24.0 Å². The maximum absolute atomic E-state index is 12.8. The molecule has 0 aliphatic rings. The van der Waals surface area contributed by atoms with Crippen LogP contribution >= 0.6 is 23.2 Å². The van der Waals surface area contributed by atoms with E-state index in [1.807, 2.05) is 55.4 Å². The second-order valence-corrected chi connectivity index (χ2v) is 8.30.